The molecule has 0 atom stereocenters. The molecule has 0 aliphatic carbocycles. The van der Waals surface area contributed by atoms with Gasteiger partial charge in [-0.25, -0.2) is 0 Å². The molecule has 0 radical (unpaired) electrons. The fraction of sp³-hybridized carbons (Fsp3) is 0.200. The van der Waals surface area contributed by atoms with Gasteiger partial charge >= 0.3 is 0 Å². The molecule has 0 saturated carbocycles. The van der Waals surface area contributed by atoms with E-state index in [2.05, 4.69) is 183 Å². The zero-order chi connectivity index (χ0) is 37.0. The summed E-state index contributed by atoms with van der Waals surface area (Å²) < 4.78 is 12.4. The molecule has 54 heavy (non-hydrogen) atoms. The van der Waals surface area contributed by atoms with Crippen LogP contribution in [-0.2, 0) is 0 Å². The average Bonchev–Trinajstić information content (AvgIpc) is 3.20. The average molecular weight is 709 g/mol. The molecule has 8 aromatic carbocycles. The van der Waals surface area contributed by atoms with E-state index < -0.39 is 0 Å². The Kier molecular flexibility index (Phi) is 10.1. The highest BCUT2D eigenvalue weighted by Crippen LogP contribution is 2.48. The van der Waals surface area contributed by atoms with Gasteiger partial charge in [0.2, 0.25) is 0 Å². The predicted molar refractivity (Wildman–Crippen MR) is 230 cm³/mol. The second-order valence-corrected chi connectivity index (χ2v) is 14.3. The van der Waals surface area contributed by atoms with E-state index >= 15 is 0 Å². The van der Waals surface area contributed by atoms with Gasteiger partial charge in [0.05, 0.1) is 24.6 Å². The van der Waals surface area contributed by atoms with Gasteiger partial charge in [-0.3, -0.25) is 0 Å². The monoisotopic (exact) mass is 708 g/mol. The van der Waals surface area contributed by atoms with Gasteiger partial charge in [0.1, 0.15) is 11.5 Å². The number of nitrogens with zero attached hydrogens (tertiary/aromatic N) is 2. The molecule has 4 heteroatoms. The van der Waals surface area contributed by atoms with Crippen LogP contribution in [0.3, 0.4) is 0 Å². The van der Waals surface area contributed by atoms with E-state index in [1.165, 1.54) is 43.4 Å². The Labute approximate surface area is 319 Å². The Morgan fingerprint density at radius 3 is 1.24 bits per heavy atom. The van der Waals surface area contributed by atoms with E-state index in [9.17, 15) is 0 Å². The molecule has 8 aromatic rings. The van der Waals surface area contributed by atoms with Gasteiger partial charge < -0.3 is 19.3 Å². The van der Waals surface area contributed by atoms with Gasteiger partial charge in [0.15, 0.2) is 0 Å². The van der Waals surface area contributed by atoms with Crippen molar-refractivity contribution in [1.29, 1.82) is 0 Å². The van der Waals surface area contributed by atoms with E-state index in [4.69, 9.17) is 9.47 Å². The topological polar surface area (TPSA) is 24.9 Å². The van der Waals surface area contributed by atoms with Crippen LogP contribution in [0.15, 0.2) is 146 Å². The van der Waals surface area contributed by atoms with Crippen LogP contribution in [0.1, 0.15) is 50.7 Å². The van der Waals surface area contributed by atoms with Crippen LogP contribution in [0.2, 0.25) is 0 Å². The number of anilines is 6. The van der Waals surface area contributed by atoms with Crippen LogP contribution in [-0.4, -0.2) is 13.2 Å². The van der Waals surface area contributed by atoms with Gasteiger partial charge in [-0.2, -0.15) is 0 Å². The van der Waals surface area contributed by atoms with Gasteiger partial charge in [-0.1, -0.05) is 111 Å². The maximum atomic E-state index is 6.22. The predicted octanol–water partition coefficient (Wildman–Crippen LogP) is 14.5. The molecule has 0 spiro atoms. The summed E-state index contributed by atoms with van der Waals surface area (Å²) in [6, 6.07) is 52.9. The number of benzene rings is 8. The number of ether oxygens (including phenoxy) is 2. The molecule has 0 aromatic heterocycles. The highest BCUT2D eigenvalue weighted by Gasteiger charge is 2.22. The second kappa shape index (κ2) is 15.5. The van der Waals surface area contributed by atoms with Gasteiger partial charge in [0, 0.05) is 45.7 Å². The zero-order valence-corrected chi connectivity index (χ0v) is 31.8. The summed E-state index contributed by atoms with van der Waals surface area (Å²) in [5.74, 6) is 1.77. The smallest absolute Gasteiger partial charge is 0.121 e. The Bertz CT molecular complexity index is 2330. The van der Waals surface area contributed by atoms with Crippen LogP contribution in [0.4, 0.5) is 34.1 Å². The molecule has 0 N–H and O–H groups in total. The summed E-state index contributed by atoms with van der Waals surface area (Å²) in [5, 5.41) is 7.37. The molecule has 0 unspecified atom stereocenters. The minimum absolute atomic E-state index is 0.710. The SMILES string of the molecule is CCCCOc1cccc(N(c2ccc(C)cc2)c2ccc3ccc4c(N(c5ccc(C)cc5)c5cccc(OCCCC)c5)ccc5ccc2c3c54)c1. The number of hydrogen-bond donors (Lipinski definition) is 0. The second-order valence-electron chi connectivity index (χ2n) is 14.3. The third-order valence-corrected chi connectivity index (χ3v) is 10.4. The summed E-state index contributed by atoms with van der Waals surface area (Å²) in [5.41, 5.74) is 9.06. The fourth-order valence-electron chi connectivity index (χ4n) is 7.50. The lowest BCUT2D eigenvalue weighted by Crippen LogP contribution is -2.12. The molecule has 0 fully saturated rings. The maximum Gasteiger partial charge on any atom is 0.121 e. The lowest BCUT2D eigenvalue weighted by Gasteiger charge is -2.29. The summed E-state index contributed by atoms with van der Waals surface area (Å²) >= 11 is 0. The minimum atomic E-state index is 0.710. The molecule has 0 amide bonds. The van der Waals surface area contributed by atoms with Crippen molar-refractivity contribution >= 4 is 66.4 Å². The number of rotatable bonds is 14. The standard InChI is InChI=1S/C50H48N2O2/c1-5-7-31-53-43-13-9-11-41(33-43)51(39-23-15-35(3)16-24-39)47-29-21-37-20-28-46-48(30-22-38-19-27-45(47)49(37)50(38)46)52(40-25-17-36(4)18-26-40)42-12-10-14-44(34-42)54-32-8-6-2/h9-30,33-34H,5-8,31-32H2,1-4H3. The van der Waals surface area contributed by atoms with Crippen LogP contribution in [0.25, 0.3) is 32.3 Å². The van der Waals surface area contributed by atoms with Crippen molar-refractivity contribution in [2.24, 2.45) is 0 Å². The number of aryl methyl sites for hydroxylation is 2. The Morgan fingerprint density at radius 2 is 0.833 bits per heavy atom. The lowest BCUT2D eigenvalue weighted by molar-refractivity contribution is 0.309. The number of hydrogen-bond acceptors (Lipinski definition) is 4. The van der Waals surface area contributed by atoms with Crippen LogP contribution in [0, 0.1) is 13.8 Å². The molecule has 0 saturated heterocycles. The minimum Gasteiger partial charge on any atom is -0.494 e. The van der Waals surface area contributed by atoms with Crippen molar-refractivity contribution < 1.29 is 9.47 Å². The Morgan fingerprint density at radius 1 is 0.426 bits per heavy atom. The third-order valence-electron chi connectivity index (χ3n) is 10.4. The largest absolute Gasteiger partial charge is 0.494 e. The third kappa shape index (κ3) is 6.92. The Hall–Kier alpha value is -6.00. The van der Waals surface area contributed by atoms with E-state index in [0.29, 0.717) is 13.2 Å². The number of unbranched alkanes of at least 4 members (excludes halogenated alkanes) is 2. The molecule has 0 bridgehead atoms. The van der Waals surface area contributed by atoms with Crippen molar-refractivity contribution in [3.05, 3.63) is 157 Å². The molecule has 4 nitrogen and oxygen atoms in total. The van der Waals surface area contributed by atoms with Crippen molar-refractivity contribution in [2.75, 3.05) is 23.0 Å². The van der Waals surface area contributed by atoms with Crippen molar-refractivity contribution in [3.63, 3.8) is 0 Å². The van der Waals surface area contributed by atoms with Crippen molar-refractivity contribution in [3.8, 4) is 11.5 Å². The quantitative estimate of drug-likeness (QED) is 0.0829. The first kappa shape index (κ1) is 35.1. The summed E-state index contributed by atoms with van der Waals surface area (Å²) in [6.45, 7) is 10.1. The molecule has 8 rings (SSSR count). The molecular formula is C50H48N2O2. The zero-order valence-electron chi connectivity index (χ0n) is 31.8. The fourth-order valence-corrected chi connectivity index (χ4v) is 7.50. The summed E-state index contributed by atoms with van der Waals surface area (Å²) in [7, 11) is 0. The van der Waals surface area contributed by atoms with Crippen LogP contribution >= 0.6 is 0 Å². The summed E-state index contributed by atoms with van der Waals surface area (Å²) in [4.78, 5) is 4.75. The van der Waals surface area contributed by atoms with E-state index in [1.807, 2.05) is 0 Å². The van der Waals surface area contributed by atoms with Gasteiger partial charge in [-0.05, 0) is 109 Å². The molecule has 270 valence electrons. The molecule has 0 heterocycles. The van der Waals surface area contributed by atoms with E-state index in [0.717, 1.165) is 71.3 Å². The van der Waals surface area contributed by atoms with Gasteiger partial charge in [0.25, 0.3) is 0 Å². The van der Waals surface area contributed by atoms with E-state index in [-0.39, 0.29) is 0 Å². The summed E-state index contributed by atoms with van der Waals surface area (Å²) in [6.07, 6.45) is 4.26. The van der Waals surface area contributed by atoms with E-state index in [1.54, 1.807) is 0 Å². The van der Waals surface area contributed by atoms with Crippen molar-refractivity contribution in [2.45, 2.75) is 53.4 Å². The van der Waals surface area contributed by atoms with Crippen molar-refractivity contribution in [1.82, 2.24) is 0 Å². The molecule has 0 aliphatic rings. The lowest BCUT2D eigenvalue weighted by atomic mass is 9.91. The Balaban J connectivity index is 1.32. The first-order valence-electron chi connectivity index (χ1n) is 19.4. The highest BCUT2D eigenvalue weighted by atomic mass is 16.5. The van der Waals surface area contributed by atoms with Crippen LogP contribution < -0.4 is 19.3 Å². The maximum absolute atomic E-state index is 6.22. The van der Waals surface area contributed by atoms with Crippen LogP contribution in [0.5, 0.6) is 11.5 Å². The first-order chi connectivity index (χ1) is 26.5. The first-order valence-corrected chi connectivity index (χ1v) is 19.4. The highest BCUT2D eigenvalue weighted by molar-refractivity contribution is 6.28. The normalized spacial score (nSPS) is 11.4. The molecule has 0 aliphatic heterocycles. The van der Waals surface area contributed by atoms with Gasteiger partial charge in [-0.15, -0.1) is 0 Å². The molecular weight excluding hydrogens is 661 g/mol.